The van der Waals surface area contributed by atoms with Gasteiger partial charge in [0.1, 0.15) is 0 Å². The van der Waals surface area contributed by atoms with Crippen LogP contribution in [0.4, 0.5) is 0 Å². The number of hydrogen-bond acceptors (Lipinski definition) is 3. The summed E-state index contributed by atoms with van der Waals surface area (Å²) in [7, 11) is 0. The van der Waals surface area contributed by atoms with Gasteiger partial charge in [-0.05, 0) is 75.8 Å². The highest BCUT2D eigenvalue weighted by atomic mass is 16.4. The second-order valence-electron chi connectivity index (χ2n) is 10.3. The van der Waals surface area contributed by atoms with E-state index in [1.165, 1.54) is 12.1 Å². The van der Waals surface area contributed by atoms with Crippen LogP contribution in [0.15, 0.2) is 128 Å². The Morgan fingerprint density at radius 3 is 2.02 bits per heavy atom. The molecule has 0 aliphatic heterocycles. The standard InChI is InChI=1S/C37H27N3O3/c38-22-25-6-12-30(13-7-25)33-20-32-18-19-40(24-27-10-14-29(15-11-27)28-4-2-1-3-5-28)35(32)34(21-33)36(41)39-23-26-8-16-31(17-9-26)37(42)43/h1-21H,23-24H2,(H,39,41)(H,42,43). The molecule has 0 bridgehead atoms. The minimum absolute atomic E-state index is 0.196. The van der Waals surface area contributed by atoms with Crippen LogP contribution in [0, 0.1) is 11.3 Å². The van der Waals surface area contributed by atoms with Crippen LogP contribution in [-0.4, -0.2) is 21.6 Å². The fraction of sp³-hybridized carbons (Fsp3) is 0.0541. The molecule has 0 saturated carbocycles. The summed E-state index contributed by atoms with van der Waals surface area (Å²) in [6.07, 6.45) is 2.00. The lowest BCUT2D eigenvalue weighted by molar-refractivity contribution is 0.0696. The van der Waals surface area contributed by atoms with Crippen molar-refractivity contribution >= 4 is 22.8 Å². The number of aromatic nitrogens is 1. The first kappa shape index (κ1) is 27.3. The quantitative estimate of drug-likeness (QED) is 0.201. The van der Waals surface area contributed by atoms with Gasteiger partial charge < -0.3 is 15.0 Å². The van der Waals surface area contributed by atoms with E-state index in [9.17, 15) is 20.0 Å². The first-order chi connectivity index (χ1) is 21.0. The predicted octanol–water partition coefficient (Wildman–Crippen LogP) is 7.52. The van der Waals surface area contributed by atoms with E-state index in [1.54, 1.807) is 24.3 Å². The molecule has 6 nitrogen and oxygen atoms in total. The van der Waals surface area contributed by atoms with Crippen LogP contribution < -0.4 is 5.32 Å². The molecule has 1 amide bonds. The van der Waals surface area contributed by atoms with Crippen molar-refractivity contribution in [1.29, 1.82) is 5.26 Å². The zero-order valence-corrected chi connectivity index (χ0v) is 23.2. The topological polar surface area (TPSA) is 95.1 Å². The summed E-state index contributed by atoms with van der Waals surface area (Å²) in [5, 5.41) is 22.3. The third kappa shape index (κ3) is 5.92. The molecule has 6 rings (SSSR count). The van der Waals surface area contributed by atoms with Crippen molar-refractivity contribution in [1.82, 2.24) is 9.88 Å². The molecular formula is C37H27N3O3. The van der Waals surface area contributed by atoms with Crippen molar-refractivity contribution in [2.24, 2.45) is 0 Å². The largest absolute Gasteiger partial charge is 0.478 e. The number of fused-ring (bicyclic) bond motifs is 1. The lowest BCUT2D eigenvalue weighted by Gasteiger charge is -2.14. The number of nitrogens with one attached hydrogen (secondary N) is 1. The predicted molar refractivity (Wildman–Crippen MR) is 168 cm³/mol. The Bertz CT molecular complexity index is 1970. The van der Waals surface area contributed by atoms with E-state index in [0.717, 1.165) is 44.3 Å². The van der Waals surface area contributed by atoms with Crippen LogP contribution in [0.1, 0.15) is 37.4 Å². The number of carboxylic acids is 1. The molecule has 208 valence electrons. The van der Waals surface area contributed by atoms with Gasteiger partial charge >= 0.3 is 5.97 Å². The Morgan fingerprint density at radius 2 is 1.35 bits per heavy atom. The van der Waals surface area contributed by atoms with Gasteiger partial charge in [0.25, 0.3) is 5.91 Å². The highest BCUT2D eigenvalue weighted by molar-refractivity contribution is 6.08. The number of amides is 1. The molecule has 0 unspecified atom stereocenters. The monoisotopic (exact) mass is 561 g/mol. The van der Waals surface area contributed by atoms with Crippen molar-refractivity contribution in [3.05, 3.63) is 155 Å². The number of hydrogen-bond donors (Lipinski definition) is 2. The van der Waals surface area contributed by atoms with E-state index >= 15 is 0 Å². The van der Waals surface area contributed by atoms with Gasteiger partial charge in [0.2, 0.25) is 0 Å². The van der Waals surface area contributed by atoms with Gasteiger partial charge in [0.15, 0.2) is 0 Å². The van der Waals surface area contributed by atoms with Gasteiger partial charge in [0, 0.05) is 24.7 Å². The normalized spacial score (nSPS) is 10.8. The van der Waals surface area contributed by atoms with E-state index in [2.05, 4.69) is 58.4 Å². The molecule has 1 aromatic heterocycles. The molecule has 5 aromatic carbocycles. The van der Waals surface area contributed by atoms with Gasteiger partial charge in [-0.1, -0.05) is 78.9 Å². The van der Waals surface area contributed by atoms with Crippen molar-refractivity contribution in [2.45, 2.75) is 13.1 Å². The van der Waals surface area contributed by atoms with Crippen LogP contribution in [-0.2, 0) is 13.1 Å². The molecule has 6 heteroatoms. The Morgan fingerprint density at radius 1 is 0.721 bits per heavy atom. The average Bonchev–Trinajstić information content (AvgIpc) is 3.46. The summed E-state index contributed by atoms with van der Waals surface area (Å²) in [5.74, 6) is -1.23. The molecule has 2 N–H and O–H groups in total. The number of benzene rings is 5. The molecular weight excluding hydrogens is 534 g/mol. The second kappa shape index (κ2) is 11.9. The van der Waals surface area contributed by atoms with Gasteiger partial charge in [-0.3, -0.25) is 4.79 Å². The lowest BCUT2D eigenvalue weighted by atomic mass is 9.99. The molecule has 43 heavy (non-hydrogen) atoms. The average molecular weight is 562 g/mol. The fourth-order valence-corrected chi connectivity index (χ4v) is 5.23. The van der Waals surface area contributed by atoms with Gasteiger partial charge in [0.05, 0.1) is 28.3 Å². The van der Waals surface area contributed by atoms with Crippen molar-refractivity contribution in [3.8, 4) is 28.3 Å². The molecule has 0 aliphatic carbocycles. The minimum atomic E-state index is -0.993. The number of nitrogens with zero attached hydrogens (tertiary/aromatic N) is 2. The van der Waals surface area contributed by atoms with Crippen LogP contribution in [0.3, 0.4) is 0 Å². The lowest BCUT2D eigenvalue weighted by Crippen LogP contribution is -2.23. The number of aromatic carboxylic acids is 1. The van der Waals surface area contributed by atoms with Crippen molar-refractivity contribution in [2.75, 3.05) is 0 Å². The summed E-state index contributed by atoms with van der Waals surface area (Å²) in [5.41, 5.74) is 8.11. The first-order valence-corrected chi connectivity index (χ1v) is 13.9. The van der Waals surface area contributed by atoms with E-state index < -0.39 is 5.97 Å². The maximum absolute atomic E-state index is 13.7. The van der Waals surface area contributed by atoms with Crippen LogP contribution in [0.5, 0.6) is 0 Å². The number of rotatable bonds is 8. The van der Waals surface area contributed by atoms with E-state index in [0.29, 0.717) is 17.7 Å². The van der Waals surface area contributed by atoms with Crippen LogP contribution >= 0.6 is 0 Å². The highest BCUT2D eigenvalue weighted by Crippen LogP contribution is 2.30. The summed E-state index contributed by atoms with van der Waals surface area (Å²) in [4.78, 5) is 24.9. The van der Waals surface area contributed by atoms with Crippen LogP contribution in [0.2, 0.25) is 0 Å². The summed E-state index contributed by atoms with van der Waals surface area (Å²) >= 11 is 0. The van der Waals surface area contributed by atoms with Gasteiger partial charge in [-0.25, -0.2) is 4.79 Å². The highest BCUT2D eigenvalue weighted by Gasteiger charge is 2.17. The Labute approximate surface area is 249 Å². The SMILES string of the molecule is N#Cc1ccc(-c2cc(C(=O)NCc3ccc(C(=O)O)cc3)c3c(ccn3Cc3ccc(-c4ccccc4)cc3)c2)cc1. The zero-order chi connectivity index (χ0) is 29.8. The Hall–Kier alpha value is -5.93. The fourth-order valence-electron chi connectivity index (χ4n) is 5.23. The third-order valence-electron chi connectivity index (χ3n) is 7.52. The summed E-state index contributed by atoms with van der Waals surface area (Å²) in [6, 6.07) is 40.6. The molecule has 0 spiro atoms. The molecule has 1 heterocycles. The molecule has 0 saturated heterocycles. The van der Waals surface area contributed by atoms with Crippen LogP contribution in [0.25, 0.3) is 33.2 Å². The van der Waals surface area contributed by atoms with Gasteiger partial charge in [-0.15, -0.1) is 0 Å². The summed E-state index contributed by atoms with van der Waals surface area (Å²) < 4.78 is 2.09. The first-order valence-electron chi connectivity index (χ1n) is 13.9. The zero-order valence-electron chi connectivity index (χ0n) is 23.2. The second-order valence-corrected chi connectivity index (χ2v) is 10.3. The van der Waals surface area contributed by atoms with Crippen molar-refractivity contribution in [3.63, 3.8) is 0 Å². The maximum atomic E-state index is 13.7. The van der Waals surface area contributed by atoms with Crippen molar-refractivity contribution < 1.29 is 14.7 Å². The number of nitriles is 1. The molecule has 6 aromatic rings. The number of carboxylic acid groups (broad SMARTS) is 1. The maximum Gasteiger partial charge on any atom is 0.335 e. The van der Waals surface area contributed by atoms with E-state index in [-0.39, 0.29) is 18.0 Å². The molecule has 0 radical (unpaired) electrons. The molecule has 0 aliphatic rings. The minimum Gasteiger partial charge on any atom is -0.478 e. The third-order valence-corrected chi connectivity index (χ3v) is 7.52. The molecule has 0 fully saturated rings. The summed E-state index contributed by atoms with van der Waals surface area (Å²) in [6.45, 7) is 0.842. The van der Waals surface area contributed by atoms with E-state index in [4.69, 9.17) is 0 Å². The van der Waals surface area contributed by atoms with E-state index in [1.807, 2.05) is 48.7 Å². The number of carbonyl (C=O) groups is 2. The van der Waals surface area contributed by atoms with Gasteiger partial charge in [-0.2, -0.15) is 5.26 Å². The Balaban J connectivity index is 1.33. The number of carbonyl (C=O) groups excluding carboxylic acids is 1. The smallest absolute Gasteiger partial charge is 0.335 e. The molecule has 0 atom stereocenters. The Kier molecular flexibility index (Phi) is 7.54.